The monoisotopic (exact) mass is 415 g/mol. The highest BCUT2D eigenvalue weighted by Crippen LogP contribution is 2.40. The smallest absolute Gasteiger partial charge is 0.231 e. The second-order valence-corrected chi connectivity index (χ2v) is 6.93. The van der Waals surface area contributed by atoms with Crippen LogP contribution < -0.4 is 14.4 Å². The lowest BCUT2D eigenvalue weighted by Crippen LogP contribution is -2.36. The molecule has 0 saturated carbocycles. The molecule has 5 nitrogen and oxygen atoms in total. The summed E-state index contributed by atoms with van der Waals surface area (Å²) in [5.74, 6) is 1.35. The van der Waals surface area contributed by atoms with Crippen LogP contribution in [0.25, 0.3) is 6.08 Å². The Labute approximate surface area is 160 Å². The Balaban J connectivity index is 1.46. The summed E-state index contributed by atoms with van der Waals surface area (Å²) in [6.45, 7) is 3.47. The second kappa shape index (κ2) is 7.51. The normalized spacial score (nSPS) is 16.3. The largest absolute Gasteiger partial charge is 0.454 e. The van der Waals surface area contributed by atoms with E-state index in [2.05, 4.69) is 20.8 Å². The molecule has 26 heavy (non-hydrogen) atoms. The number of fused-ring (bicyclic) bond motifs is 1. The van der Waals surface area contributed by atoms with Crippen LogP contribution in [0.2, 0.25) is 0 Å². The Hall–Kier alpha value is -2.31. The number of morpholine rings is 1. The summed E-state index contributed by atoms with van der Waals surface area (Å²) < 4.78 is 16.9. The molecule has 0 spiro atoms. The van der Waals surface area contributed by atoms with Crippen molar-refractivity contribution in [1.82, 2.24) is 0 Å². The van der Waals surface area contributed by atoms with Gasteiger partial charge in [-0.25, -0.2) is 0 Å². The number of ketones is 1. The third-order valence-electron chi connectivity index (χ3n) is 4.40. The van der Waals surface area contributed by atoms with Crippen molar-refractivity contribution in [2.45, 2.75) is 0 Å². The van der Waals surface area contributed by atoms with Crippen LogP contribution in [0, 0.1) is 0 Å². The number of hydrogen-bond donors (Lipinski definition) is 0. The van der Waals surface area contributed by atoms with Crippen molar-refractivity contribution in [3.05, 3.63) is 58.1 Å². The fraction of sp³-hybridized carbons (Fsp3) is 0.250. The Kier molecular flexibility index (Phi) is 4.95. The van der Waals surface area contributed by atoms with E-state index in [1.165, 1.54) is 0 Å². The molecule has 0 radical (unpaired) electrons. The minimum absolute atomic E-state index is 0.0349. The molecule has 0 aliphatic carbocycles. The predicted molar refractivity (Wildman–Crippen MR) is 103 cm³/mol. The van der Waals surface area contributed by atoms with Gasteiger partial charge in [-0.15, -0.1) is 0 Å². The molecule has 1 fully saturated rings. The summed E-state index contributed by atoms with van der Waals surface area (Å²) in [4.78, 5) is 14.7. The predicted octanol–water partition coefficient (Wildman–Crippen LogP) is 3.91. The number of halogens is 1. The number of carbonyl (C=O) groups excluding carboxylic acids is 1. The van der Waals surface area contributed by atoms with Crippen LogP contribution in [-0.4, -0.2) is 38.9 Å². The van der Waals surface area contributed by atoms with E-state index in [9.17, 15) is 4.79 Å². The van der Waals surface area contributed by atoms with Gasteiger partial charge in [-0.1, -0.05) is 6.08 Å². The van der Waals surface area contributed by atoms with E-state index in [1.807, 2.05) is 36.4 Å². The number of ether oxygens (including phenoxy) is 3. The molecule has 2 aliphatic rings. The molecular formula is C20H18BrNO4. The van der Waals surface area contributed by atoms with E-state index in [0.717, 1.165) is 42.0 Å². The van der Waals surface area contributed by atoms with Crippen molar-refractivity contribution >= 4 is 33.5 Å². The molecule has 2 heterocycles. The molecule has 0 amide bonds. The minimum Gasteiger partial charge on any atom is -0.454 e. The standard InChI is InChI=1S/C20H18BrNO4/c21-17-11-14(12-19-20(17)26-13-25-19)1-6-18(23)15-2-4-16(5-3-15)22-7-9-24-10-8-22/h1-6,11-12H,7-10,13H2/b6-1+. The third kappa shape index (κ3) is 3.61. The number of anilines is 1. The molecule has 134 valence electrons. The first kappa shape index (κ1) is 17.1. The highest BCUT2D eigenvalue weighted by molar-refractivity contribution is 9.10. The molecule has 0 atom stereocenters. The van der Waals surface area contributed by atoms with Gasteiger partial charge in [-0.05, 0) is 64.0 Å². The average Bonchev–Trinajstić information content (AvgIpc) is 3.16. The number of allylic oxidation sites excluding steroid dienone is 1. The zero-order chi connectivity index (χ0) is 17.9. The molecule has 4 rings (SSSR count). The van der Waals surface area contributed by atoms with Gasteiger partial charge in [0, 0.05) is 24.3 Å². The van der Waals surface area contributed by atoms with E-state index < -0.39 is 0 Å². The van der Waals surface area contributed by atoms with Gasteiger partial charge < -0.3 is 19.1 Å². The average molecular weight is 416 g/mol. The summed E-state index contributed by atoms with van der Waals surface area (Å²) in [5, 5.41) is 0. The van der Waals surface area contributed by atoms with Crippen molar-refractivity contribution in [1.29, 1.82) is 0 Å². The highest BCUT2D eigenvalue weighted by atomic mass is 79.9. The maximum Gasteiger partial charge on any atom is 0.231 e. The Bertz CT molecular complexity index is 842. The summed E-state index contributed by atoms with van der Waals surface area (Å²) >= 11 is 3.46. The topological polar surface area (TPSA) is 48.0 Å². The lowest BCUT2D eigenvalue weighted by atomic mass is 10.1. The number of benzene rings is 2. The van der Waals surface area contributed by atoms with Gasteiger partial charge >= 0.3 is 0 Å². The van der Waals surface area contributed by atoms with E-state index in [-0.39, 0.29) is 12.6 Å². The summed E-state index contributed by atoms with van der Waals surface area (Å²) in [5.41, 5.74) is 2.66. The van der Waals surface area contributed by atoms with Gasteiger partial charge in [0.1, 0.15) is 0 Å². The zero-order valence-corrected chi connectivity index (χ0v) is 15.7. The first-order chi connectivity index (χ1) is 12.7. The van der Waals surface area contributed by atoms with E-state index in [4.69, 9.17) is 14.2 Å². The fourth-order valence-corrected chi connectivity index (χ4v) is 3.58. The second-order valence-electron chi connectivity index (χ2n) is 6.08. The molecule has 2 aliphatic heterocycles. The van der Waals surface area contributed by atoms with Gasteiger partial charge in [0.15, 0.2) is 17.3 Å². The van der Waals surface area contributed by atoms with Crippen LogP contribution in [0.1, 0.15) is 15.9 Å². The van der Waals surface area contributed by atoms with Crippen LogP contribution in [0.4, 0.5) is 5.69 Å². The van der Waals surface area contributed by atoms with Crippen molar-refractivity contribution in [2.75, 3.05) is 38.0 Å². The molecule has 2 aromatic rings. The van der Waals surface area contributed by atoms with Crippen molar-refractivity contribution in [3.63, 3.8) is 0 Å². The van der Waals surface area contributed by atoms with Crippen molar-refractivity contribution in [3.8, 4) is 11.5 Å². The van der Waals surface area contributed by atoms with E-state index in [1.54, 1.807) is 12.2 Å². The lowest BCUT2D eigenvalue weighted by molar-refractivity contribution is 0.104. The van der Waals surface area contributed by atoms with Gasteiger partial charge in [0.25, 0.3) is 0 Å². The number of rotatable bonds is 4. The minimum atomic E-state index is -0.0349. The van der Waals surface area contributed by atoms with E-state index >= 15 is 0 Å². The lowest BCUT2D eigenvalue weighted by Gasteiger charge is -2.28. The van der Waals surface area contributed by atoms with Crippen LogP contribution in [0.5, 0.6) is 11.5 Å². The molecule has 2 aromatic carbocycles. The molecule has 0 bridgehead atoms. The maximum atomic E-state index is 12.4. The fourth-order valence-electron chi connectivity index (χ4n) is 3.01. The van der Waals surface area contributed by atoms with Crippen LogP contribution >= 0.6 is 15.9 Å². The maximum absolute atomic E-state index is 12.4. The summed E-state index contributed by atoms with van der Waals surface area (Å²) in [6.07, 6.45) is 3.36. The number of hydrogen-bond acceptors (Lipinski definition) is 5. The molecule has 1 saturated heterocycles. The van der Waals surface area contributed by atoms with Crippen LogP contribution in [0.3, 0.4) is 0 Å². The Morgan fingerprint density at radius 1 is 1.08 bits per heavy atom. The number of carbonyl (C=O) groups is 1. The first-order valence-corrected chi connectivity index (χ1v) is 9.24. The zero-order valence-electron chi connectivity index (χ0n) is 14.1. The van der Waals surface area contributed by atoms with Crippen LogP contribution in [0.15, 0.2) is 46.9 Å². The number of nitrogens with zero attached hydrogens (tertiary/aromatic N) is 1. The summed E-state index contributed by atoms with van der Waals surface area (Å²) in [7, 11) is 0. The van der Waals surface area contributed by atoms with Crippen molar-refractivity contribution < 1.29 is 19.0 Å². The molecule has 0 unspecified atom stereocenters. The van der Waals surface area contributed by atoms with Crippen molar-refractivity contribution in [2.24, 2.45) is 0 Å². The van der Waals surface area contributed by atoms with Gasteiger partial charge in [-0.2, -0.15) is 0 Å². The van der Waals surface area contributed by atoms with Gasteiger partial charge in [-0.3, -0.25) is 4.79 Å². The van der Waals surface area contributed by atoms with Gasteiger partial charge in [0.05, 0.1) is 17.7 Å². The molecule has 0 N–H and O–H groups in total. The third-order valence-corrected chi connectivity index (χ3v) is 4.99. The molecule has 6 heteroatoms. The quantitative estimate of drug-likeness (QED) is 0.559. The Morgan fingerprint density at radius 2 is 1.85 bits per heavy atom. The highest BCUT2D eigenvalue weighted by Gasteiger charge is 2.17. The summed E-state index contributed by atoms with van der Waals surface area (Å²) in [6, 6.07) is 11.5. The Morgan fingerprint density at radius 3 is 2.62 bits per heavy atom. The first-order valence-electron chi connectivity index (χ1n) is 8.45. The van der Waals surface area contributed by atoms with Gasteiger partial charge in [0.2, 0.25) is 6.79 Å². The van der Waals surface area contributed by atoms with Crippen LogP contribution in [-0.2, 0) is 4.74 Å². The molecule has 0 aromatic heterocycles. The van der Waals surface area contributed by atoms with E-state index in [0.29, 0.717) is 17.1 Å². The SMILES string of the molecule is O=C(/C=C/c1cc(Br)c2c(c1)OCO2)c1ccc(N2CCOCC2)cc1. The molecular weight excluding hydrogens is 398 g/mol.